The number of aromatic nitrogens is 2. The number of hydrogen-bond acceptors (Lipinski definition) is 8. The Morgan fingerprint density at radius 1 is 0.796 bits per heavy atom. The molecular weight excluding hydrogens is 618 g/mol. The summed E-state index contributed by atoms with van der Waals surface area (Å²) in [6.07, 6.45) is 0.518. The Hall–Kier alpha value is -5.87. The van der Waals surface area contributed by atoms with E-state index in [0.717, 1.165) is 38.2 Å². The highest BCUT2D eigenvalue weighted by Gasteiger charge is 2.34. The molecule has 0 spiro atoms. The van der Waals surface area contributed by atoms with Gasteiger partial charge in [0.2, 0.25) is 11.8 Å². The van der Waals surface area contributed by atoms with Crippen LogP contribution in [0.1, 0.15) is 56.5 Å². The van der Waals surface area contributed by atoms with E-state index in [2.05, 4.69) is 15.5 Å². The molecule has 1 aromatic heterocycles. The van der Waals surface area contributed by atoms with Gasteiger partial charge < -0.3 is 25.2 Å². The predicted octanol–water partition coefficient (Wildman–Crippen LogP) is 5.79. The number of nitrogens with one attached hydrogen (secondary N) is 1. The number of likely N-dealkylation sites (N-methyl/N-ethyl adjacent to an activating group) is 1. The van der Waals surface area contributed by atoms with Gasteiger partial charge in [0, 0.05) is 32.0 Å². The molecule has 3 N–H and O–H groups in total. The Bertz CT molecular complexity index is 2130. The standard InChI is InChI=1S/C39H37N5O5/c1-3-48-39(47)35-42-37(49-43-35)34(23-26-16-18-29-11-5-7-13-31(29)20-26)44(2)38(46)33(41-36(45)32-14-8-9-27(21-32)24-40)22-25-15-17-28-10-4-6-12-30(28)19-25/h4-21,33-34H,3,22-24,40H2,1-2H3,(H,41,45)/t33-,34-/m1/s1. The highest BCUT2D eigenvalue weighted by atomic mass is 16.5. The lowest BCUT2D eigenvalue weighted by Gasteiger charge is -2.30. The van der Waals surface area contributed by atoms with Gasteiger partial charge in [-0.15, -0.1) is 0 Å². The maximum absolute atomic E-state index is 14.6. The molecule has 0 aliphatic carbocycles. The molecule has 2 amide bonds. The summed E-state index contributed by atoms with van der Waals surface area (Å²) in [4.78, 5) is 46.5. The van der Waals surface area contributed by atoms with Gasteiger partial charge in [0.25, 0.3) is 11.7 Å². The average Bonchev–Trinajstić information content (AvgIpc) is 3.63. The van der Waals surface area contributed by atoms with Gasteiger partial charge in [-0.05, 0) is 62.4 Å². The van der Waals surface area contributed by atoms with Gasteiger partial charge >= 0.3 is 5.97 Å². The van der Waals surface area contributed by atoms with E-state index in [9.17, 15) is 14.4 Å². The van der Waals surface area contributed by atoms with Gasteiger partial charge in [-0.3, -0.25) is 9.59 Å². The summed E-state index contributed by atoms with van der Waals surface area (Å²) in [5, 5.41) is 11.0. The third-order valence-corrected chi connectivity index (χ3v) is 8.52. The number of nitrogens with zero attached hydrogens (tertiary/aromatic N) is 3. The van der Waals surface area contributed by atoms with Crippen LogP contribution in [0.25, 0.3) is 21.5 Å². The zero-order chi connectivity index (χ0) is 34.3. The lowest BCUT2D eigenvalue weighted by atomic mass is 9.98. The highest BCUT2D eigenvalue weighted by Crippen LogP contribution is 2.27. The van der Waals surface area contributed by atoms with Crippen LogP contribution >= 0.6 is 0 Å². The normalized spacial score (nSPS) is 12.4. The van der Waals surface area contributed by atoms with E-state index in [1.165, 1.54) is 4.90 Å². The summed E-state index contributed by atoms with van der Waals surface area (Å²) in [7, 11) is 1.64. The second kappa shape index (κ2) is 14.9. The molecule has 0 fully saturated rings. The lowest BCUT2D eigenvalue weighted by Crippen LogP contribution is -2.49. The molecular formula is C39H37N5O5. The van der Waals surface area contributed by atoms with E-state index >= 15 is 0 Å². The van der Waals surface area contributed by atoms with Crippen molar-refractivity contribution in [2.24, 2.45) is 5.73 Å². The summed E-state index contributed by atoms with van der Waals surface area (Å²) in [5.41, 5.74) is 8.81. The molecule has 0 aliphatic heterocycles. The van der Waals surface area contributed by atoms with Crippen LogP contribution in [0.4, 0.5) is 0 Å². The predicted molar refractivity (Wildman–Crippen MR) is 187 cm³/mol. The van der Waals surface area contributed by atoms with Crippen LogP contribution < -0.4 is 11.1 Å². The van der Waals surface area contributed by atoms with Gasteiger partial charge in [-0.25, -0.2) is 4.79 Å². The third-order valence-electron chi connectivity index (χ3n) is 8.52. The minimum Gasteiger partial charge on any atom is -0.460 e. The zero-order valence-corrected chi connectivity index (χ0v) is 27.3. The quantitative estimate of drug-likeness (QED) is 0.158. The van der Waals surface area contributed by atoms with Crippen molar-refractivity contribution < 1.29 is 23.6 Å². The Kier molecular flexibility index (Phi) is 10.1. The Morgan fingerprint density at radius 3 is 2.06 bits per heavy atom. The number of carbonyl (C=O) groups is 3. The summed E-state index contributed by atoms with van der Waals surface area (Å²) in [6.45, 7) is 2.10. The number of rotatable bonds is 12. The van der Waals surface area contributed by atoms with E-state index in [4.69, 9.17) is 15.0 Å². The number of esters is 1. The number of hydrogen-bond donors (Lipinski definition) is 2. The van der Waals surface area contributed by atoms with E-state index in [1.807, 2.05) is 91.0 Å². The molecule has 6 rings (SSSR count). The van der Waals surface area contributed by atoms with E-state index in [1.54, 1.807) is 32.2 Å². The Balaban J connectivity index is 1.35. The first-order chi connectivity index (χ1) is 23.8. The summed E-state index contributed by atoms with van der Waals surface area (Å²) in [5.74, 6) is -1.67. The van der Waals surface area contributed by atoms with Crippen LogP contribution in [0.3, 0.4) is 0 Å². The molecule has 0 bridgehead atoms. The monoisotopic (exact) mass is 655 g/mol. The number of fused-ring (bicyclic) bond motifs is 2. The molecule has 10 heteroatoms. The molecule has 49 heavy (non-hydrogen) atoms. The van der Waals surface area contributed by atoms with Crippen molar-refractivity contribution in [3.63, 3.8) is 0 Å². The second-order valence-corrected chi connectivity index (χ2v) is 11.8. The minimum atomic E-state index is -0.966. The van der Waals surface area contributed by atoms with E-state index in [-0.39, 0.29) is 37.2 Å². The van der Waals surface area contributed by atoms with Gasteiger partial charge in [0.1, 0.15) is 12.1 Å². The zero-order valence-electron chi connectivity index (χ0n) is 27.3. The number of amides is 2. The van der Waals surface area contributed by atoms with Crippen LogP contribution in [-0.4, -0.2) is 52.5 Å². The van der Waals surface area contributed by atoms with Gasteiger partial charge in [0.15, 0.2) is 0 Å². The van der Waals surface area contributed by atoms with Crippen molar-refractivity contribution in [2.75, 3.05) is 13.7 Å². The average molecular weight is 656 g/mol. The number of nitrogens with two attached hydrogens (primary N) is 1. The molecule has 10 nitrogen and oxygen atoms in total. The molecule has 0 aliphatic rings. The van der Waals surface area contributed by atoms with Crippen LogP contribution in [0, 0.1) is 0 Å². The first kappa shape index (κ1) is 33.0. The van der Waals surface area contributed by atoms with Gasteiger partial charge in [0.05, 0.1) is 6.61 Å². The molecule has 2 atom stereocenters. The number of benzene rings is 5. The smallest absolute Gasteiger partial charge is 0.379 e. The molecule has 0 saturated heterocycles. The number of carbonyl (C=O) groups excluding carboxylic acids is 3. The fourth-order valence-corrected chi connectivity index (χ4v) is 5.91. The summed E-state index contributed by atoms with van der Waals surface area (Å²) >= 11 is 0. The summed E-state index contributed by atoms with van der Waals surface area (Å²) in [6, 6.07) is 33.2. The van der Waals surface area contributed by atoms with Gasteiger partial charge in [-0.2, -0.15) is 4.98 Å². The largest absolute Gasteiger partial charge is 0.460 e. The van der Waals surface area contributed by atoms with E-state index < -0.39 is 24.0 Å². The molecule has 6 aromatic rings. The van der Waals surface area contributed by atoms with Crippen molar-refractivity contribution in [3.05, 3.63) is 143 Å². The van der Waals surface area contributed by atoms with Crippen molar-refractivity contribution in [1.29, 1.82) is 0 Å². The van der Waals surface area contributed by atoms with Crippen molar-refractivity contribution >= 4 is 39.3 Å². The Labute approximate surface area is 283 Å². The molecule has 5 aromatic carbocycles. The fraction of sp³-hybridized carbons (Fsp3) is 0.205. The lowest BCUT2D eigenvalue weighted by molar-refractivity contribution is -0.134. The first-order valence-electron chi connectivity index (χ1n) is 16.2. The van der Waals surface area contributed by atoms with Crippen molar-refractivity contribution in [1.82, 2.24) is 20.4 Å². The van der Waals surface area contributed by atoms with Crippen molar-refractivity contribution in [2.45, 2.75) is 38.4 Å². The number of ether oxygens (including phenoxy) is 1. The minimum absolute atomic E-state index is 0.0680. The maximum Gasteiger partial charge on any atom is 0.379 e. The van der Waals surface area contributed by atoms with Crippen LogP contribution in [-0.2, 0) is 28.9 Å². The SMILES string of the molecule is CCOC(=O)c1noc([C@@H](Cc2ccc3ccccc3c2)N(C)C(=O)[C@@H](Cc2ccc3ccccc3c2)NC(=O)c2cccc(CN)c2)n1. The van der Waals surface area contributed by atoms with Gasteiger partial charge in [-0.1, -0.05) is 97.1 Å². The van der Waals surface area contributed by atoms with E-state index in [0.29, 0.717) is 12.0 Å². The highest BCUT2D eigenvalue weighted by molar-refractivity contribution is 5.98. The fourth-order valence-electron chi connectivity index (χ4n) is 5.91. The molecule has 0 unspecified atom stereocenters. The topological polar surface area (TPSA) is 141 Å². The maximum atomic E-state index is 14.6. The second-order valence-electron chi connectivity index (χ2n) is 11.8. The molecule has 0 radical (unpaired) electrons. The molecule has 0 saturated carbocycles. The Morgan fingerprint density at radius 2 is 1.43 bits per heavy atom. The molecule has 248 valence electrons. The van der Waals surface area contributed by atoms with Crippen LogP contribution in [0.5, 0.6) is 0 Å². The third kappa shape index (κ3) is 7.66. The van der Waals surface area contributed by atoms with Crippen molar-refractivity contribution in [3.8, 4) is 0 Å². The van der Waals surface area contributed by atoms with Crippen LogP contribution in [0.2, 0.25) is 0 Å². The summed E-state index contributed by atoms with van der Waals surface area (Å²) < 4.78 is 10.7. The first-order valence-corrected chi connectivity index (χ1v) is 16.2. The van der Waals surface area contributed by atoms with Crippen LogP contribution in [0.15, 0.2) is 114 Å². The molecule has 1 heterocycles.